The van der Waals surface area contributed by atoms with E-state index in [0.717, 1.165) is 16.9 Å². The van der Waals surface area contributed by atoms with Crippen LogP contribution in [0.1, 0.15) is 59.1 Å². The molecule has 0 aliphatic rings. The molecule has 2 rings (SSSR count). The molecule has 0 unspecified atom stereocenters. The van der Waals surface area contributed by atoms with Crippen molar-refractivity contribution >= 4 is 11.8 Å². The topological polar surface area (TPSA) is 67.9 Å². The lowest BCUT2D eigenvalue weighted by Gasteiger charge is -2.31. The number of methoxy groups -OCH3 is 1. The Hall–Kier alpha value is -3.02. The third-order valence-electron chi connectivity index (χ3n) is 5.38. The van der Waals surface area contributed by atoms with Gasteiger partial charge in [0.05, 0.1) is 7.11 Å². The van der Waals surface area contributed by atoms with Gasteiger partial charge in [-0.15, -0.1) is 0 Å². The summed E-state index contributed by atoms with van der Waals surface area (Å²) in [5, 5.41) is 2.94. The van der Waals surface area contributed by atoms with Gasteiger partial charge in [0.25, 0.3) is 5.91 Å². The maximum absolute atomic E-state index is 13.4. The summed E-state index contributed by atoms with van der Waals surface area (Å²) < 4.78 is 11.2. The SMILES string of the molecule is CC[C@@H](C(=O)NC(C)C)N(Cc1ccc(OC)cc1)C(=O)COc1ccccc1C(C)(C)C. The number of ether oxygens (including phenoxy) is 2. The van der Waals surface area contributed by atoms with Crippen molar-refractivity contribution in [3.05, 3.63) is 59.7 Å². The van der Waals surface area contributed by atoms with Crippen molar-refractivity contribution in [1.29, 1.82) is 0 Å². The minimum atomic E-state index is -0.594. The zero-order chi connectivity index (χ0) is 24.6. The summed E-state index contributed by atoms with van der Waals surface area (Å²) in [5.74, 6) is 1.02. The van der Waals surface area contributed by atoms with E-state index in [9.17, 15) is 9.59 Å². The average Bonchev–Trinajstić information content (AvgIpc) is 2.76. The van der Waals surface area contributed by atoms with E-state index in [1.54, 1.807) is 12.0 Å². The van der Waals surface area contributed by atoms with Crippen molar-refractivity contribution in [2.45, 2.75) is 72.0 Å². The summed E-state index contributed by atoms with van der Waals surface area (Å²) in [7, 11) is 1.61. The molecule has 2 amide bonds. The molecular formula is C27H38N2O4. The number of para-hydroxylation sites is 1. The Morgan fingerprint density at radius 2 is 1.67 bits per heavy atom. The molecular weight excluding hydrogens is 416 g/mol. The van der Waals surface area contributed by atoms with Crippen LogP contribution in [0.3, 0.4) is 0 Å². The summed E-state index contributed by atoms with van der Waals surface area (Å²) in [6.45, 7) is 12.2. The van der Waals surface area contributed by atoms with Gasteiger partial charge in [0.2, 0.25) is 5.91 Å². The highest BCUT2D eigenvalue weighted by atomic mass is 16.5. The first-order valence-electron chi connectivity index (χ1n) is 11.5. The Balaban J connectivity index is 2.27. The molecule has 0 heterocycles. The molecule has 2 aromatic rings. The van der Waals surface area contributed by atoms with Crippen LogP contribution in [0, 0.1) is 0 Å². The van der Waals surface area contributed by atoms with Crippen molar-refractivity contribution in [2.24, 2.45) is 0 Å². The predicted octanol–water partition coefficient (Wildman–Crippen LogP) is 4.70. The molecule has 0 saturated heterocycles. The first kappa shape index (κ1) is 26.2. The first-order valence-corrected chi connectivity index (χ1v) is 11.5. The lowest BCUT2D eigenvalue weighted by molar-refractivity contribution is -0.143. The predicted molar refractivity (Wildman–Crippen MR) is 132 cm³/mol. The number of nitrogens with one attached hydrogen (secondary N) is 1. The molecule has 180 valence electrons. The molecule has 0 aromatic heterocycles. The second kappa shape index (κ2) is 11.7. The second-order valence-electron chi connectivity index (χ2n) is 9.49. The van der Waals surface area contributed by atoms with Crippen molar-refractivity contribution in [1.82, 2.24) is 10.2 Å². The number of hydrogen-bond donors (Lipinski definition) is 1. The average molecular weight is 455 g/mol. The van der Waals surface area contributed by atoms with Crippen molar-refractivity contribution in [2.75, 3.05) is 13.7 Å². The van der Waals surface area contributed by atoms with Crippen LogP contribution < -0.4 is 14.8 Å². The number of carbonyl (C=O) groups excluding carboxylic acids is 2. The highest BCUT2D eigenvalue weighted by molar-refractivity contribution is 5.88. The van der Waals surface area contributed by atoms with Gasteiger partial charge < -0.3 is 19.7 Å². The van der Waals surface area contributed by atoms with Crippen LogP contribution in [-0.4, -0.2) is 42.5 Å². The van der Waals surface area contributed by atoms with E-state index < -0.39 is 6.04 Å². The maximum atomic E-state index is 13.4. The molecule has 6 nitrogen and oxygen atoms in total. The van der Waals surface area contributed by atoms with E-state index in [1.165, 1.54) is 0 Å². The number of rotatable bonds is 10. The minimum Gasteiger partial charge on any atom is -0.497 e. The van der Waals surface area contributed by atoms with E-state index in [0.29, 0.717) is 18.7 Å². The molecule has 6 heteroatoms. The fraction of sp³-hybridized carbons (Fsp3) is 0.481. The maximum Gasteiger partial charge on any atom is 0.261 e. The van der Waals surface area contributed by atoms with Crippen LogP contribution in [0.5, 0.6) is 11.5 Å². The van der Waals surface area contributed by atoms with Gasteiger partial charge >= 0.3 is 0 Å². The summed E-state index contributed by atoms with van der Waals surface area (Å²) in [5.41, 5.74) is 1.82. The van der Waals surface area contributed by atoms with Gasteiger partial charge in [-0.25, -0.2) is 0 Å². The van der Waals surface area contributed by atoms with E-state index >= 15 is 0 Å². The van der Waals surface area contributed by atoms with Gasteiger partial charge in [0.1, 0.15) is 17.5 Å². The molecule has 0 spiro atoms. The summed E-state index contributed by atoms with van der Waals surface area (Å²) in [6, 6.07) is 14.7. The molecule has 0 fully saturated rings. The molecule has 0 bridgehead atoms. The van der Waals surface area contributed by atoms with Crippen LogP contribution in [0.2, 0.25) is 0 Å². The number of carbonyl (C=O) groups is 2. The second-order valence-corrected chi connectivity index (χ2v) is 9.49. The zero-order valence-corrected chi connectivity index (χ0v) is 21.0. The highest BCUT2D eigenvalue weighted by Gasteiger charge is 2.29. The Morgan fingerprint density at radius 3 is 2.21 bits per heavy atom. The highest BCUT2D eigenvalue weighted by Crippen LogP contribution is 2.31. The van der Waals surface area contributed by atoms with Gasteiger partial charge in [0.15, 0.2) is 6.61 Å². The van der Waals surface area contributed by atoms with Gasteiger partial charge in [-0.05, 0) is 55.0 Å². The number of benzene rings is 2. The van der Waals surface area contributed by atoms with E-state index in [1.807, 2.05) is 69.3 Å². The van der Waals surface area contributed by atoms with Gasteiger partial charge in [-0.2, -0.15) is 0 Å². The van der Waals surface area contributed by atoms with Crippen LogP contribution in [0.15, 0.2) is 48.5 Å². The van der Waals surface area contributed by atoms with Gasteiger partial charge in [-0.3, -0.25) is 9.59 Å². The molecule has 1 N–H and O–H groups in total. The van der Waals surface area contributed by atoms with Crippen molar-refractivity contribution in [3.63, 3.8) is 0 Å². The Bertz CT molecular complexity index is 916. The Morgan fingerprint density at radius 1 is 1.03 bits per heavy atom. The number of nitrogens with zero attached hydrogens (tertiary/aromatic N) is 1. The Kier molecular flexibility index (Phi) is 9.32. The quantitative estimate of drug-likeness (QED) is 0.565. The van der Waals surface area contributed by atoms with E-state index in [-0.39, 0.29) is 29.9 Å². The van der Waals surface area contributed by atoms with Crippen LogP contribution >= 0.6 is 0 Å². The van der Waals surface area contributed by atoms with Crippen LogP contribution in [0.25, 0.3) is 0 Å². The largest absolute Gasteiger partial charge is 0.497 e. The van der Waals surface area contributed by atoms with Crippen LogP contribution in [0.4, 0.5) is 0 Å². The van der Waals surface area contributed by atoms with Crippen molar-refractivity contribution in [3.8, 4) is 11.5 Å². The lowest BCUT2D eigenvalue weighted by atomic mass is 9.86. The lowest BCUT2D eigenvalue weighted by Crippen LogP contribution is -2.51. The minimum absolute atomic E-state index is 0.0144. The molecule has 2 aromatic carbocycles. The zero-order valence-electron chi connectivity index (χ0n) is 21.0. The van der Waals surface area contributed by atoms with Crippen LogP contribution in [-0.2, 0) is 21.5 Å². The summed E-state index contributed by atoms with van der Waals surface area (Å²) in [4.78, 5) is 27.9. The van der Waals surface area contributed by atoms with Crippen molar-refractivity contribution < 1.29 is 19.1 Å². The molecule has 1 atom stereocenters. The Labute approximate surface area is 198 Å². The van der Waals surface area contributed by atoms with E-state index in [4.69, 9.17) is 9.47 Å². The number of amides is 2. The standard InChI is InChI=1S/C27H38N2O4/c1-8-23(26(31)28-19(2)3)29(17-20-13-15-21(32-7)16-14-20)25(30)18-33-24-12-10-9-11-22(24)27(4,5)6/h9-16,19,23H,8,17-18H2,1-7H3,(H,28,31)/t23-/m0/s1. The third kappa shape index (κ3) is 7.52. The fourth-order valence-corrected chi connectivity index (χ4v) is 3.66. The molecule has 0 aliphatic carbocycles. The fourth-order valence-electron chi connectivity index (χ4n) is 3.66. The summed E-state index contributed by atoms with van der Waals surface area (Å²) in [6.07, 6.45) is 0.499. The smallest absolute Gasteiger partial charge is 0.261 e. The van der Waals surface area contributed by atoms with Gasteiger partial charge in [-0.1, -0.05) is 58.0 Å². The van der Waals surface area contributed by atoms with E-state index in [2.05, 4.69) is 26.1 Å². The normalized spacial score (nSPS) is 12.2. The third-order valence-corrected chi connectivity index (χ3v) is 5.38. The molecule has 0 radical (unpaired) electrons. The summed E-state index contributed by atoms with van der Waals surface area (Å²) >= 11 is 0. The first-order chi connectivity index (χ1) is 15.6. The molecule has 0 aliphatic heterocycles. The molecule has 0 saturated carbocycles. The molecule has 33 heavy (non-hydrogen) atoms. The number of hydrogen-bond acceptors (Lipinski definition) is 4. The monoisotopic (exact) mass is 454 g/mol. The van der Waals surface area contributed by atoms with Gasteiger partial charge in [0, 0.05) is 12.6 Å².